The molecular formula is C8H16N2O4S2. The van der Waals surface area contributed by atoms with Gasteiger partial charge in [0.25, 0.3) is 10.2 Å². The van der Waals surface area contributed by atoms with Gasteiger partial charge in [-0.25, -0.2) is 4.72 Å². The summed E-state index contributed by atoms with van der Waals surface area (Å²) in [6, 6.07) is -0.959. The second kappa shape index (κ2) is 5.35. The number of nitrogens with zero attached hydrogens (tertiary/aromatic N) is 1. The summed E-state index contributed by atoms with van der Waals surface area (Å²) in [5.74, 6) is -0.786. The summed E-state index contributed by atoms with van der Waals surface area (Å²) in [5.41, 5.74) is 0. The van der Waals surface area contributed by atoms with Crippen molar-refractivity contribution in [3.8, 4) is 0 Å². The molecule has 1 rings (SSSR count). The van der Waals surface area contributed by atoms with Crippen molar-refractivity contribution in [2.24, 2.45) is 0 Å². The minimum atomic E-state index is -3.68. The van der Waals surface area contributed by atoms with Crippen molar-refractivity contribution in [3.63, 3.8) is 0 Å². The van der Waals surface area contributed by atoms with E-state index in [0.29, 0.717) is 12.2 Å². The molecule has 0 amide bonds. The molecule has 0 aromatic heterocycles. The number of thioether (sulfide) groups is 1. The van der Waals surface area contributed by atoms with Gasteiger partial charge < -0.3 is 5.11 Å². The average Bonchev–Trinajstić information content (AvgIpc) is 2.63. The zero-order valence-corrected chi connectivity index (χ0v) is 10.8. The zero-order valence-electron chi connectivity index (χ0n) is 9.21. The molecule has 2 unspecified atom stereocenters. The molecule has 1 saturated heterocycles. The Labute approximate surface area is 99.6 Å². The second-order valence-electron chi connectivity index (χ2n) is 3.47. The van der Waals surface area contributed by atoms with Crippen molar-refractivity contribution in [2.75, 3.05) is 12.8 Å². The highest BCUT2D eigenvalue weighted by molar-refractivity contribution is 8.01. The van der Waals surface area contributed by atoms with Crippen LogP contribution in [0.4, 0.5) is 0 Å². The van der Waals surface area contributed by atoms with Gasteiger partial charge in [-0.15, -0.1) is 11.8 Å². The van der Waals surface area contributed by atoms with Crippen LogP contribution in [0.3, 0.4) is 0 Å². The topological polar surface area (TPSA) is 86.7 Å². The maximum Gasteiger partial charge on any atom is 0.322 e. The molecular weight excluding hydrogens is 252 g/mol. The monoisotopic (exact) mass is 268 g/mol. The lowest BCUT2D eigenvalue weighted by molar-refractivity contribution is -0.140. The van der Waals surface area contributed by atoms with Crippen LogP contribution in [0, 0.1) is 0 Å². The van der Waals surface area contributed by atoms with E-state index in [0.717, 1.165) is 10.7 Å². The van der Waals surface area contributed by atoms with E-state index in [-0.39, 0.29) is 5.37 Å². The first kappa shape index (κ1) is 13.8. The van der Waals surface area contributed by atoms with Crippen LogP contribution in [0.2, 0.25) is 0 Å². The SMILES string of the molecule is CCCC1SCC(C(=O)O)N1S(=O)(=O)NC. The van der Waals surface area contributed by atoms with E-state index in [4.69, 9.17) is 5.11 Å². The van der Waals surface area contributed by atoms with Gasteiger partial charge in [-0.3, -0.25) is 4.79 Å². The highest BCUT2D eigenvalue weighted by atomic mass is 32.2. The summed E-state index contributed by atoms with van der Waals surface area (Å²) >= 11 is 1.38. The fraction of sp³-hybridized carbons (Fsp3) is 0.875. The molecule has 1 aliphatic rings. The Morgan fingerprint density at radius 2 is 2.25 bits per heavy atom. The molecule has 6 nitrogen and oxygen atoms in total. The molecule has 8 heteroatoms. The lowest BCUT2D eigenvalue weighted by Crippen LogP contribution is -2.49. The van der Waals surface area contributed by atoms with E-state index < -0.39 is 22.2 Å². The number of rotatable bonds is 5. The summed E-state index contributed by atoms with van der Waals surface area (Å²) < 4.78 is 26.7. The first-order valence-corrected chi connectivity index (χ1v) is 7.49. The van der Waals surface area contributed by atoms with E-state index >= 15 is 0 Å². The molecule has 0 aromatic rings. The number of aliphatic carboxylic acids is 1. The fourth-order valence-corrected chi connectivity index (χ4v) is 4.76. The van der Waals surface area contributed by atoms with Crippen LogP contribution in [0.25, 0.3) is 0 Å². The Morgan fingerprint density at radius 3 is 2.69 bits per heavy atom. The summed E-state index contributed by atoms with van der Waals surface area (Å²) in [5, 5.41) is 8.71. The van der Waals surface area contributed by atoms with Crippen molar-refractivity contribution in [3.05, 3.63) is 0 Å². The third-order valence-corrected chi connectivity index (χ3v) is 5.46. The Balaban J connectivity index is 2.98. The van der Waals surface area contributed by atoms with E-state index in [2.05, 4.69) is 4.72 Å². The van der Waals surface area contributed by atoms with E-state index in [1.54, 1.807) is 0 Å². The average molecular weight is 268 g/mol. The summed E-state index contributed by atoms with van der Waals surface area (Å²) in [6.45, 7) is 1.94. The minimum Gasteiger partial charge on any atom is -0.480 e. The molecule has 0 radical (unpaired) electrons. The molecule has 2 N–H and O–H groups in total. The molecule has 0 aromatic carbocycles. The molecule has 94 valence electrons. The fourth-order valence-electron chi connectivity index (χ4n) is 1.62. The van der Waals surface area contributed by atoms with Crippen LogP contribution in [0.15, 0.2) is 0 Å². The Morgan fingerprint density at radius 1 is 1.62 bits per heavy atom. The Kier molecular flexibility index (Phi) is 4.60. The molecule has 0 bridgehead atoms. The van der Waals surface area contributed by atoms with Gasteiger partial charge in [-0.2, -0.15) is 12.7 Å². The van der Waals surface area contributed by atoms with Gasteiger partial charge in [0.2, 0.25) is 0 Å². The Hall–Kier alpha value is -0.310. The molecule has 1 aliphatic heterocycles. The van der Waals surface area contributed by atoms with Crippen LogP contribution < -0.4 is 4.72 Å². The van der Waals surface area contributed by atoms with Gasteiger partial charge in [-0.1, -0.05) is 13.3 Å². The van der Waals surface area contributed by atoms with Crippen LogP contribution in [0.5, 0.6) is 0 Å². The standard InChI is InChI=1S/C8H16N2O4S2/c1-3-4-7-10(16(13,14)9-2)6(5-15-7)8(11)12/h6-7,9H,3-5H2,1-2H3,(H,11,12). The van der Waals surface area contributed by atoms with Crippen LogP contribution in [-0.4, -0.2) is 48.0 Å². The zero-order chi connectivity index (χ0) is 12.3. The molecule has 0 aliphatic carbocycles. The van der Waals surface area contributed by atoms with E-state index in [1.807, 2.05) is 6.92 Å². The molecule has 16 heavy (non-hydrogen) atoms. The quantitative estimate of drug-likeness (QED) is 0.737. The maximum absolute atomic E-state index is 11.7. The molecule has 2 atom stereocenters. The van der Waals surface area contributed by atoms with Crippen molar-refractivity contribution in [1.82, 2.24) is 9.03 Å². The minimum absolute atomic E-state index is 0.274. The van der Waals surface area contributed by atoms with Gasteiger partial charge in [0.05, 0.1) is 5.37 Å². The number of carboxylic acid groups (broad SMARTS) is 1. The number of hydrogen-bond acceptors (Lipinski definition) is 4. The van der Waals surface area contributed by atoms with Crippen molar-refractivity contribution in [2.45, 2.75) is 31.2 Å². The van der Waals surface area contributed by atoms with Gasteiger partial charge in [0.15, 0.2) is 0 Å². The van der Waals surface area contributed by atoms with Crippen molar-refractivity contribution in [1.29, 1.82) is 0 Å². The van der Waals surface area contributed by atoms with Crippen LogP contribution in [0.1, 0.15) is 19.8 Å². The van der Waals surface area contributed by atoms with Gasteiger partial charge in [0, 0.05) is 12.8 Å². The smallest absolute Gasteiger partial charge is 0.322 e. The molecule has 1 heterocycles. The van der Waals surface area contributed by atoms with Crippen LogP contribution >= 0.6 is 11.8 Å². The number of hydrogen-bond donors (Lipinski definition) is 2. The van der Waals surface area contributed by atoms with Crippen molar-refractivity contribution >= 4 is 27.9 Å². The van der Waals surface area contributed by atoms with E-state index in [1.165, 1.54) is 18.8 Å². The lowest BCUT2D eigenvalue weighted by Gasteiger charge is -2.25. The molecule has 1 fully saturated rings. The molecule has 0 spiro atoms. The predicted octanol–water partition coefficient (Wildman–Crippen LogP) is 0.0788. The van der Waals surface area contributed by atoms with Gasteiger partial charge in [0.1, 0.15) is 6.04 Å². The predicted molar refractivity (Wildman–Crippen MR) is 62.4 cm³/mol. The summed E-state index contributed by atoms with van der Waals surface area (Å²) in [6.07, 6.45) is 1.48. The number of carbonyl (C=O) groups is 1. The first-order chi connectivity index (χ1) is 7.44. The highest BCUT2D eigenvalue weighted by Gasteiger charge is 2.44. The van der Waals surface area contributed by atoms with Crippen molar-refractivity contribution < 1.29 is 18.3 Å². The highest BCUT2D eigenvalue weighted by Crippen LogP contribution is 2.33. The lowest BCUT2D eigenvalue weighted by atomic mass is 10.3. The third kappa shape index (κ3) is 2.68. The third-order valence-electron chi connectivity index (χ3n) is 2.39. The molecule has 0 saturated carbocycles. The maximum atomic E-state index is 11.7. The summed E-state index contributed by atoms with van der Waals surface area (Å²) in [4.78, 5) is 11.0. The van der Waals surface area contributed by atoms with Gasteiger partial charge in [-0.05, 0) is 6.42 Å². The Bertz CT molecular complexity index is 357. The second-order valence-corrected chi connectivity index (χ2v) is 6.46. The first-order valence-electron chi connectivity index (χ1n) is 5.00. The van der Waals surface area contributed by atoms with Crippen LogP contribution in [-0.2, 0) is 15.0 Å². The normalized spacial score (nSPS) is 27.1. The van der Waals surface area contributed by atoms with E-state index in [9.17, 15) is 13.2 Å². The largest absolute Gasteiger partial charge is 0.480 e. The number of nitrogens with one attached hydrogen (secondary N) is 1. The summed E-state index contributed by atoms with van der Waals surface area (Å²) in [7, 11) is -2.39. The van der Waals surface area contributed by atoms with Gasteiger partial charge >= 0.3 is 5.97 Å². The number of carboxylic acids is 1.